The van der Waals surface area contributed by atoms with Crippen molar-refractivity contribution in [3.8, 4) is 0 Å². The van der Waals surface area contributed by atoms with Gasteiger partial charge in [-0.05, 0) is 87.1 Å². The lowest BCUT2D eigenvalue weighted by Gasteiger charge is -2.12. The third kappa shape index (κ3) is 2.32. The van der Waals surface area contributed by atoms with Gasteiger partial charge in [0.05, 0.1) is 0 Å². The topological polar surface area (TPSA) is 0 Å². The Hall–Kier alpha value is -1.34. The van der Waals surface area contributed by atoms with Crippen LogP contribution in [0.25, 0.3) is 11.1 Å². The van der Waals surface area contributed by atoms with Crippen LogP contribution in [0.5, 0.6) is 0 Å². The SMILES string of the molecule is CC1=C(C)C(C)C(c2ccc(C3=C(C)C(C)=C(C)C3C)s2)=C1C. The van der Waals surface area contributed by atoms with E-state index in [9.17, 15) is 0 Å². The van der Waals surface area contributed by atoms with Gasteiger partial charge in [-0.2, -0.15) is 0 Å². The molecule has 0 saturated heterocycles. The van der Waals surface area contributed by atoms with E-state index in [0.717, 1.165) is 0 Å². The molecule has 0 saturated carbocycles. The lowest BCUT2D eigenvalue weighted by molar-refractivity contribution is 0.898. The second-order valence-corrected chi connectivity index (χ2v) is 8.38. The molecule has 0 spiro atoms. The summed E-state index contributed by atoms with van der Waals surface area (Å²) in [5.41, 5.74) is 12.1. The maximum Gasteiger partial charge on any atom is 0.0317 e. The Morgan fingerprint density at radius 2 is 0.957 bits per heavy atom. The molecule has 1 aromatic rings. The van der Waals surface area contributed by atoms with Crippen LogP contribution in [0.4, 0.5) is 0 Å². The summed E-state index contributed by atoms with van der Waals surface area (Å²) < 4.78 is 0. The van der Waals surface area contributed by atoms with Crippen LogP contribution >= 0.6 is 11.3 Å². The van der Waals surface area contributed by atoms with E-state index >= 15 is 0 Å². The van der Waals surface area contributed by atoms with Gasteiger partial charge < -0.3 is 0 Å². The summed E-state index contributed by atoms with van der Waals surface area (Å²) in [6.45, 7) is 18.4. The van der Waals surface area contributed by atoms with E-state index in [1.54, 1.807) is 11.1 Å². The minimum absolute atomic E-state index is 0.555. The molecule has 2 unspecified atom stereocenters. The number of rotatable bonds is 2. The van der Waals surface area contributed by atoms with Crippen LogP contribution in [-0.2, 0) is 0 Å². The summed E-state index contributed by atoms with van der Waals surface area (Å²) >= 11 is 1.98. The zero-order chi connectivity index (χ0) is 17.0. The second kappa shape index (κ2) is 5.63. The van der Waals surface area contributed by atoms with Gasteiger partial charge in [-0.3, -0.25) is 0 Å². The summed E-state index contributed by atoms with van der Waals surface area (Å²) in [5, 5.41) is 0. The van der Waals surface area contributed by atoms with Gasteiger partial charge in [-0.25, -0.2) is 0 Å². The molecule has 0 aromatic carbocycles. The first kappa shape index (κ1) is 16.5. The average Bonchev–Trinajstić information content (AvgIpc) is 3.11. The van der Waals surface area contributed by atoms with Crippen molar-refractivity contribution in [2.24, 2.45) is 11.8 Å². The standard InChI is InChI=1S/C22H28S/c1-11-12(2)16(6)21(15(11)5)19-9-10-20(23-19)22-17(7)13(3)14(4)18(22)8/h9-10,15,17H,1-8H3. The largest absolute Gasteiger partial charge is 0.136 e. The normalized spacial score (nSPS) is 25.6. The average molecular weight is 325 g/mol. The van der Waals surface area contributed by atoms with E-state index in [1.807, 2.05) is 11.3 Å². The molecule has 0 aliphatic heterocycles. The highest BCUT2D eigenvalue weighted by atomic mass is 32.1. The quantitative estimate of drug-likeness (QED) is 0.536. The van der Waals surface area contributed by atoms with Crippen molar-refractivity contribution in [2.45, 2.75) is 55.4 Å². The molecule has 2 aliphatic rings. The van der Waals surface area contributed by atoms with Crippen LogP contribution in [0.15, 0.2) is 45.6 Å². The van der Waals surface area contributed by atoms with E-state index in [1.165, 1.54) is 43.2 Å². The molecule has 0 amide bonds. The Morgan fingerprint density at radius 3 is 1.22 bits per heavy atom. The smallest absolute Gasteiger partial charge is 0.0317 e. The molecule has 0 radical (unpaired) electrons. The molecule has 0 N–H and O–H groups in total. The fraction of sp³-hybridized carbons (Fsp3) is 0.455. The summed E-state index contributed by atoms with van der Waals surface area (Å²) in [7, 11) is 0. The number of allylic oxidation sites excluding steroid dienone is 8. The second-order valence-electron chi connectivity index (χ2n) is 7.30. The van der Waals surface area contributed by atoms with Crippen molar-refractivity contribution in [2.75, 3.05) is 0 Å². The van der Waals surface area contributed by atoms with Gasteiger partial charge in [0, 0.05) is 21.6 Å². The van der Waals surface area contributed by atoms with Crippen molar-refractivity contribution < 1.29 is 0 Å². The van der Waals surface area contributed by atoms with Crippen molar-refractivity contribution in [3.63, 3.8) is 0 Å². The molecule has 3 rings (SSSR count). The molecule has 2 aliphatic carbocycles. The van der Waals surface area contributed by atoms with Crippen molar-refractivity contribution in [1.82, 2.24) is 0 Å². The molecule has 1 heterocycles. The van der Waals surface area contributed by atoms with Gasteiger partial charge in [-0.15, -0.1) is 11.3 Å². The van der Waals surface area contributed by atoms with Gasteiger partial charge in [-0.1, -0.05) is 25.0 Å². The predicted octanol–water partition coefficient (Wildman–Crippen LogP) is 7.27. The number of hydrogen-bond acceptors (Lipinski definition) is 1. The van der Waals surface area contributed by atoms with E-state index in [-0.39, 0.29) is 0 Å². The van der Waals surface area contributed by atoms with Gasteiger partial charge in [0.15, 0.2) is 0 Å². The van der Waals surface area contributed by atoms with E-state index in [2.05, 4.69) is 67.5 Å². The van der Waals surface area contributed by atoms with E-state index < -0.39 is 0 Å². The third-order valence-electron chi connectivity index (χ3n) is 6.42. The zero-order valence-corrected chi connectivity index (χ0v) is 16.5. The van der Waals surface area contributed by atoms with Gasteiger partial charge in [0.1, 0.15) is 0 Å². The third-order valence-corrected chi connectivity index (χ3v) is 7.57. The molecular formula is C22H28S. The first-order chi connectivity index (χ1) is 10.8. The van der Waals surface area contributed by atoms with Crippen LogP contribution in [0.2, 0.25) is 0 Å². The van der Waals surface area contributed by atoms with Gasteiger partial charge in [0.2, 0.25) is 0 Å². The Morgan fingerprint density at radius 1 is 0.609 bits per heavy atom. The summed E-state index contributed by atoms with van der Waals surface area (Å²) in [4.78, 5) is 2.91. The molecule has 1 aromatic heterocycles. The number of thiophene rings is 1. The molecule has 23 heavy (non-hydrogen) atoms. The zero-order valence-electron chi connectivity index (χ0n) is 15.7. The minimum Gasteiger partial charge on any atom is -0.136 e. The Labute approximate surface area is 145 Å². The van der Waals surface area contributed by atoms with Crippen LogP contribution in [0.3, 0.4) is 0 Å². The van der Waals surface area contributed by atoms with Crippen LogP contribution < -0.4 is 0 Å². The highest BCUT2D eigenvalue weighted by molar-refractivity contribution is 7.14. The van der Waals surface area contributed by atoms with Crippen LogP contribution in [-0.4, -0.2) is 0 Å². The Balaban J connectivity index is 2.02. The van der Waals surface area contributed by atoms with Crippen molar-refractivity contribution in [1.29, 1.82) is 0 Å². The summed E-state index contributed by atoms with van der Waals surface area (Å²) in [6.07, 6.45) is 0. The fourth-order valence-corrected chi connectivity index (χ4v) is 5.54. The highest BCUT2D eigenvalue weighted by Gasteiger charge is 2.28. The van der Waals surface area contributed by atoms with E-state index in [0.29, 0.717) is 11.8 Å². The van der Waals surface area contributed by atoms with Crippen molar-refractivity contribution in [3.05, 3.63) is 55.3 Å². The Bertz CT molecular complexity index is 738. The van der Waals surface area contributed by atoms with Gasteiger partial charge in [0.25, 0.3) is 0 Å². The van der Waals surface area contributed by atoms with E-state index in [4.69, 9.17) is 0 Å². The first-order valence-electron chi connectivity index (χ1n) is 8.63. The summed E-state index contributed by atoms with van der Waals surface area (Å²) in [6, 6.07) is 4.69. The molecular weight excluding hydrogens is 296 g/mol. The summed E-state index contributed by atoms with van der Waals surface area (Å²) in [5.74, 6) is 1.11. The lowest BCUT2D eigenvalue weighted by Crippen LogP contribution is -1.95. The maximum atomic E-state index is 2.35. The predicted molar refractivity (Wildman–Crippen MR) is 105 cm³/mol. The van der Waals surface area contributed by atoms with Crippen molar-refractivity contribution >= 4 is 22.5 Å². The maximum absolute atomic E-state index is 2.35. The minimum atomic E-state index is 0.555. The Kier molecular flexibility index (Phi) is 4.04. The van der Waals surface area contributed by atoms with Crippen LogP contribution in [0, 0.1) is 11.8 Å². The molecule has 0 bridgehead atoms. The molecule has 0 fully saturated rings. The highest BCUT2D eigenvalue weighted by Crippen LogP contribution is 2.48. The number of hydrogen-bond donors (Lipinski definition) is 0. The molecule has 0 nitrogen and oxygen atoms in total. The molecule has 122 valence electrons. The van der Waals surface area contributed by atoms with Crippen LogP contribution in [0.1, 0.15) is 65.1 Å². The van der Waals surface area contributed by atoms with Gasteiger partial charge >= 0.3 is 0 Å². The molecule has 2 atom stereocenters. The monoisotopic (exact) mass is 324 g/mol. The fourth-order valence-electron chi connectivity index (χ4n) is 4.15. The molecule has 1 heteroatoms. The lowest BCUT2D eigenvalue weighted by atomic mass is 9.96. The first-order valence-corrected chi connectivity index (χ1v) is 9.44.